The average molecular weight is 347 g/mol. The van der Waals surface area contributed by atoms with Gasteiger partial charge in [-0.3, -0.25) is 5.41 Å². The van der Waals surface area contributed by atoms with Gasteiger partial charge in [0.15, 0.2) is 11.7 Å². The van der Waals surface area contributed by atoms with Crippen LogP contribution >= 0.6 is 11.6 Å². The number of amidine groups is 1. The monoisotopic (exact) mass is 346 g/mol. The Hall–Kier alpha value is -2.41. The van der Waals surface area contributed by atoms with Crippen molar-refractivity contribution < 1.29 is 4.74 Å². The number of aromatic nitrogens is 3. The third-order valence-electron chi connectivity index (χ3n) is 3.91. The van der Waals surface area contributed by atoms with Crippen molar-refractivity contribution in [3.63, 3.8) is 0 Å². The van der Waals surface area contributed by atoms with E-state index in [9.17, 15) is 0 Å². The van der Waals surface area contributed by atoms with Crippen LogP contribution in [0.25, 0.3) is 11.4 Å². The molecule has 1 aromatic heterocycles. The van der Waals surface area contributed by atoms with Gasteiger partial charge in [-0.05, 0) is 32.0 Å². The number of fused-ring (bicyclic) bond motifs is 3. The first-order chi connectivity index (χ1) is 11.5. The molecule has 1 N–H and O–H groups in total. The first-order valence-electron chi connectivity index (χ1n) is 7.68. The molecule has 24 heavy (non-hydrogen) atoms. The van der Waals surface area contributed by atoms with Crippen molar-refractivity contribution in [3.05, 3.63) is 29.0 Å². The molecule has 0 radical (unpaired) electrons. The molecular formula is C16H19ClN6O. The van der Waals surface area contributed by atoms with E-state index in [0.29, 0.717) is 41.4 Å². The summed E-state index contributed by atoms with van der Waals surface area (Å²) in [5.41, 5.74) is 0.844. The third-order valence-corrected chi connectivity index (χ3v) is 4.15. The van der Waals surface area contributed by atoms with Crippen LogP contribution in [0.2, 0.25) is 5.02 Å². The van der Waals surface area contributed by atoms with Gasteiger partial charge >= 0.3 is 0 Å². The molecule has 1 aliphatic rings. The molecule has 0 saturated heterocycles. The molecule has 0 amide bonds. The van der Waals surface area contributed by atoms with Crippen LogP contribution in [0.5, 0.6) is 5.75 Å². The highest BCUT2D eigenvalue weighted by atomic mass is 35.5. The molecule has 2 aromatic rings. The number of ether oxygens (including phenoxy) is 1. The summed E-state index contributed by atoms with van der Waals surface area (Å²) in [6.45, 7) is 5.16. The lowest BCUT2D eigenvalue weighted by Gasteiger charge is -2.23. The second kappa shape index (κ2) is 6.60. The number of hydrogen-bond acceptors (Lipinski definition) is 4. The lowest BCUT2D eigenvalue weighted by Crippen LogP contribution is -2.34. The molecule has 0 aliphatic carbocycles. The summed E-state index contributed by atoms with van der Waals surface area (Å²) in [5, 5.41) is 12.5. The molecule has 126 valence electrons. The zero-order valence-electron chi connectivity index (χ0n) is 13.8. The highest BCUT2D eigenvalue weighted by Gasteiger charge is 2.24. The Bertz CT molecular complexity index is 798. The van der Waals surface area contributed by atoms with Crippen LogP contribution in [0.15, 0.2) is 23.2 Å². The van der Waals surface area contributed by atoms with Crippen molar-refractivity contribution in [2.75, 3.05) is 13.7 Å². The van der Waals surface area contributed by atoms with E-state index in [2.05, 4.69) is 15.1 Å². The Balaban J connectivity index is 2.10. The first kappa shape index (κ1) is 16.4. The van der Waals surface area contributed by atoms with E-state index in [-0.39, 0.29) is 6.04 Å². The molecule has 3 rings (SSSR count). The van der Waals surface area contributed by atoms with E-state index in [0.717, 1.165) is 11.9 Å². The fourth-order valence-corrected chi connectivity index (χ4v) is 2.61. The normalized spacial score (nSPS) is 13.8. The highest BCUT2D eigenvalue weighted by Crippen LogP contribution is 2.33. The largest absolute Gasteiger partial charge is 0.491 e. The first-order valence-corrected chi connectivity index (χ1v) is 8.06. The minimum Gasteiger partial charge on any atom is -0.491 e. The van der Waals surface area contributed by atoms with E-state index < -0.39 is 0 Å². The standard InChI is InChI=1S/C16H19ClN6O/c1-10(2)22(3)16(19-9-18)14-20-15-12-5-4-11(17)8-13(12)24-7-6-23(15)21-14/h4-5,8-10,18H,6-7H2,1-3H3/b18-9?,19-16-. The fourth-order valence-electron chi connectivity index (χ4n) is 2.45. The molecule has 0 unspecified atom stereocenters. The van der Waals surface area contributed by atoms with Crippen molar-refractivity contribution in [1.82, 2.24) is 19.7 Å². The second-order valence-electron chi connectivity index (χ2n) is 5.76. The van der Waals surface area contributed by atoms with Crippen LogP contribution in [0.4, 0.5) is 0 Å². The van der Waals surface area contributed by atoms with E-state index in [1.165, 1.54) is 0 Å². The van der Waals surface area contributed by atoms with E-state index in [1.54, 1.807) is 12.1 Å². The molecular weight excluding hydrogens is 328 g/mol. The Morgan fingerprint density at radius 3 is 3.00 bits per heavy atom. The zero-order valence-corrected chi connectivity index (χ0v) is 14.6. The SMILES string of the molecule is CC(C)N(C)/C(=N\C=N)c1nc2n(n1)CCOc1cc(Cl)ccc1-2. The summed E-state index contributed by atoms with van der Waals surface area (Å²) >= 11 is 6.06. The van der Waals surface area contributed by atoms with Crippen molar-refractivity contribution in [2.24, 2.45) is 4.99 Å². The van der Waals surface area contributed by atoms with Gasteiger partial charge in [0.25, 0.3) is 0 Å². The van der Waals surface area contributed by atoms with Crippen molar-refractivity contribution in [2.45, 2.75) is 26.4 Å². The molecule has 1 aromatic carbocycles. The minimum absolute atomic E-state index is 0.210. The molecule has 0 atom stereocenters. The number of halogens is 1. The van der Waals surface area contributed by atoms with E-state index in [4.69, 9.17) is 21.7 Å². The second-order valence-corrected chi connectivity index (χ2v) is 6.19. The summed E-state index contributed by atoms with van der Waals surface area (Å²) in [4.78, 5) is 10.7. The van der Waals surface area contributed by atoms with Gasteiger partial charge in [0.1, 0.15) is 18.7 Å². The molecule has 0 spiro atoms. The van der Waals surface area contributed by atoms with Crippen LogP contribution in [-0.4, -0.2) is 51.5 Å². The summed E-state index contributed by atoms with van der Waals surface area (Å²) in [5.74, 6) is 2.47. The van der Waals surface area contributed by atoms with Gasteiger partial charge in [0.2, 0.25) is 5.82 Å². The topological polar surface area (TPSA) is 79.4 Å². The molecule has 0 bridgehead atoms. The number of nitrogens with one attached hydrogen (secondary N) is 1. The van der Waals surface area contributed by atoms with Gasteiger partial charge in [0, 0.05) is 18.1 Å². The summed E-state index contributed by atoms with van der Waals surface area (Å²) in [6, 6.07) is 5.68. The van der Waals surface area contributed by atoms with Crippen LogP contribution in [-0.2, 0) is 6.54 Å². The smallest absolute Gasteiger partial charge is 0.217 e. The highest BCUT2D eigenvalue weighted by molar-refractivity contribution is 6.30. The van der Waals surface area contributed by atoms with Gasteiger partial charge < -0.3 is 9.64 Å². The predicted octanol–water partition coefficient (Wildman–Crippen LogP) is 2.68. The maximum absolute atomic E-state index is 7.32. The van der Waals surface area contributed by atoms with Crippen molar-refractivity contribution >= 4 is 23.8 Å². The van der Waals surface area contributed by atoms with E-state index in [1.807, 2.05) is 36.5 Å². The lowest BCUT2D eigenvalue weighted by atomic mass is 10.2. The Kier molecular flexibility index (Phi) is 4.53. The van der Waals surface area contributed by atoms with Crippen molar-refractivity contribution in [1.29, 1.82) is 5.41 Å². The van der Waals surface area contributed by atoms with Gasteiger partial charge in [0.05, 0.1) is 12.1 Å². The predicted molar refractivity (Wildman–Crippen MR) is 94.2 cm³/mol. The zero-order chi connectivity index (χ0) is 17.3. The maximum Gasteiger partial charge on any atom is 0.217 e. The number of nitrogens with zero attached hydrogens (tertiary/aromatic N) is 5. The Morgan fingerprint density at radius 1 is 1.50 bits per heavy atom. The van der Waals surface area contributed by atoms with Crippen LogP contribution < -0.4 is 4.74 Å². The van der Waals surface area contributed by atoms with Gasteiger partial charge in [-0.2, -0.15) is 0 Å². The fraction of sp³-hybridized carbons (Fsp3) is 0.375. The van der Waals surface area contributed by atoms with Gasteiger partial charge in [-0.25, -0.2) is 14.7 Å². The van der Waals surface area contributed by atoms with E-state index >= 15 is 0 Å². The van der Waals surface area contributed by atoms with Gasteiger partial charge in [-0.15, -0.1) is 5.10 Å². The molecule has 7 nitrogen and oxygen atoms in total. The Morgan fingerprint density at radius 2 is 2.29 bits per heavy atom. The Labute approximate surface area is 145 Å². The van der Waals surface area contributed by atoms with Crippen LogP contribution in [0, 0.1) is 5.41 Å². The molecule has 8 heteroatoms. The number of hydrogen-bond donors (Lipinski definition) is 1. The minimum atomic E-state index is 0.210. The average Bonchev–Trinajstić information content (AvgIpc) is 2.88. The number of rotatable bonds is 3. The third kappa shape index (κ3) is 2.99. The molecule has 0 fully saturated rings. The molecule has 2 heterocycles. The van der Waals surface area contributed by atoms with Crippen LogP contribution in [0.3, 0.4) is 0 Å². The molecule has 0 saturated carbocycles. The molecule has 1 aliphatic heterocycles. The van der Waals surface area contributed by atoms with Crippen LogP contribution in [0.1, 0.15) is 19.7 Å². The summed E-state index contributed by atoms with van der Waals surface area (Å²) in [7, 11) is 1.91. The van der Waals surface area contributed by atoms with Gasteiger partial charge in [-0.1, -0.05) is 11.6 Å². The lowest BCUT2D eigenvalue weighted by molar-refractivity contribution is 0.300. The maximum atomic E-state index is 7.32. The summed E-state index contributed by atoms with van der Waals surface area (Å²) < 4.78 is 7.55. The van der Waals surface area contributed by atoms with Crippen molar-refractivity contribution in [3.8, 4) is 17.1 Å². The number of aliphatic imine (C=N–C) groups is 1. The quantitative estimate of drug-likeness (QED) is 0.684. The number of benzene rings is 1. The summed E-state index contributed by atoms with van der Waals surface area (Å²) in [6.07, 6.45) is 1.01.